The zero-order valence-corrected chi connectivity index (χ0v) is 14.6. The van der Waals surface area contributed by atoms with Crippen LogP contribution >= 0.6 is 0 Å². The van der Waals surface area contributed by atoms with Crippen LogP contribution in [0.15, 0.2) is 24.3 Å². The number of benzene rings is 1. The summed E-state index contributed by atoms with van der Waals surface area (Å²) >= 11 is 0. The first-order chi connectivity index (χ1) is 12.1. The molecule has 4 heteroatoms. The number of hydrogen-bond acceptors (Lipinski definition) is 4. The minimum absolute atomic E-state index is 0.166. The van der Waals surface area contributed by atoms with Crippen LogP contribution in [0.5, 0.6) is 11.5 Å². The summed E-state index contributed by atoms with van der Waals surface area (Å²) in [6.45, 7) is 3.46. The number of hydrogen-bond donors (Lipinski definition) is 2. The van der Waals surface area contributed by atoms with Gasteiger partial charge < -0.3 is 14.9 Å². The predicted molar refractivity (Wildman–Crippen MR) is 93.8 cm³/mol. The van der Waals surface area contributed by atoms with Crippen molar-refractivity contribution >= 4 is 0 Å². The van der Waals surface area contributed by atoms with Crippen LogP contribution in [-0.4, -0.2) is 45.9 Å². The van der Waals surface area contributed by atoms with Crippen molar-refractivity contribution in [3.8, 4) is 11.5 Å². The molecule has 1 saturated carbocycles. The number of nitrogens with zero attached hydrogens (tertiary/aromatic N) is 1. The topological polar surface area (TPSA) is 52.9 Å². The van der Waals surface area contributed by atoms with Gasteiger partial charge in [-0.05, 0) is 56.7 Å². The van der Waals surface area contributed by atoms with Gasteiger partial charge in [-0.2, -0.15) is 0 Å². The van der Waals surface area contributed by atoms with E-state index in [2.05, 4.69) is 24.0 Å². The molecule has 0 amide bonds. The fraction of sp³-hybridized carbons (Fsp3) is 0.619. The molecule has 1 spiro atoms. The van der Waals surface area contributed by atoms with E-state index in [1.807, 2.05) is 6.08 Å². The molecule has 6 atom stereocenters. The third kappa shape index (κ3) is 1.65. The van der Waals surface area contributed by atoms with Gasteiger partial charge in [0.05, 0.1) is 0 Å². The van der Waals surface area contributed by atoms with E-state index in [-0.39, 0.29) is 17.3 Å². The maximum Gasteiger partial charge on any atom is 0.165 e. The minimum atomic E-state index is -0.595. The molecule has 1 aromatic carbocycles. The van der Waals surface area contributed by atoms with E-state index in [1.54, 1.807) is 6.07 Å². The first kappa shape index (κ1) is 14.6. The molecule has 1 unspecified atom stereocenters. The van der Waals surface area contributed by atoms with Crippen molar-refractivity contribution in [2.75, 3.05) is 6.54 Å². The second kappa shape index (κ2) is 4.60. The Bertz CT molecular complexity index is 786. The highest BCUT2D eigenvalue weighted by Gasteiger charge is 2.65. The maximum atomic E-state index is 10.6. The molecule has 25 heavy (non-hydrogen) atoms. The summed E-state index contributed by atoms with van der Waals surface area (Å²) in [5, 5.41) is 21.0. The molecule has 4 nitrogen and oxygen atoms in total. The lowest BCUT2D eigenvalue weighted by atomic mass is 9.53. The van der Waals surface area contributed by atoms with Gasteiger partial charge in [-0.3, -0.25) is 4.90 Å². The molecule has 0 aromatic heterocycles. The summed E-state index contributed by atoms with van der Waals surface area (Å²) in [4.78, 5) is 2.74. The van der Waals surface area contributed by atoms with Gasteiger partial charge in [0.15, 0.2) is 11.5 Å². The molecule has 2 heterocycles. The molecule has 1 aromatic rings. The second-order valence-corrected chi connectivity index (χ2v) is 8.77. The summed E-state index contributed by atoms with van der Waals surface area (Å²) in [6, 6.07) is 4.97. The largest absolute Gasteiger partial charge is 0.504 e. The van der Waals surface area contributed by atoms with Crippen LogP contribution < -0.4 is 4.74 Å². The zero-order valence-electron chi connectivity index (χ0n) is 14.6. The third-order valence-corrected chi connectivity index (χ3v) is 7.74. The van der Waals surface area contributed by atoms with E-state index in [0.717, 1.165) is 25.3 Å². The summed E-state index contributed by atoms with van der Waals surface area (Å²) in [7, 11) is 0. The first-order valence-electron chi connectivity index (χ1n) is 9.75. The lowest BCUT2D eigenvalue weighted by molar-refractivity contribution is -0.0632. The number of phenols is 1. The van der Waals surface area contributed by atoms with E-state index < -0.39 is 6.10 Å². The number of likely N-dealkylation sites (tertiary alicyclic amines) is 1. The van der Waals surface area contributed by atoms with Crippen LogP contribution in [-0.2, 0) is 11.8 Å². The van der Waals surface area contributed by atoms with Crippen molar-refractivity contribution in [2.24, 2.45) is 11.8 Å². The van der Waals surface area contributed by atoms with Gasteiger partial charge in [-0.15, -0.1) is 0 Å². The minimum Gasteiger partial charge on any atom is -0.504 e. The maximum absolute atomic E-state index is 10.6. The van der Waals surface area contributed by atoms with Gasteiger partial charge in [0.2, 0.25) is 0 Å². The highest BCUT2D eigenvalue weighted by atomic mass is 16.5. The van der Waals surface area contributed by atoms with Crippen molar-refractivity contribution < 1.29 is 14.9 Å². The Morgan fingerprint density at radius 2 is 2.12 bits per heavy atom. The van der Waals surface area contributed by atoms with Crippen molar-refractivity contribution in [2.45, 2.75) is 62.3 Å². The predicted octanol–water partition coefficient (Wildman–Crippen LogP) is 2.37. The SMILES string of the molecule is C[C@H](C1CC1)N1CCC23c4c5ccc(O)c4O[C@H]2[C@@H](O)C=C[C@H]3[C@H]1C5. The standard InChI is InChI=1S/C21H25NO3/c1-11(12-2-3-12)22-9-8-21-14-5-7-17(24)20(21)25-19-16(23)6-4-13(18(19)21)10-15(14)22/h4-7,11-12,14-15,17,20,23-24H,2-3,8-10H2,1H3/t11-,14+,15-,17+,20+,21?/m1/s1. The lowest BCUT2D eigenvalue weighted by Gasteiger charge is -2.58. The van der Waals surface area contributed by atoms with Gasteiger partial charge in [0.1, 0.15) is 12.2 Å². The van der Waals surface area contributed by atoms with Gasteiger partial charge in [0, 0.05) is 29.0 Å². The normalized spacial score (nSPS) is 42.0. The van der Waals surface area contributed by atoms with E-state index in [1.165, 1.54) is 24.0 Å². The number of phenolic OH excluding ortho intramolecular Hbond substituents is 1. The average Bonchev–Trinajstić information content (AvgIpc) is 3.38. The number of aromatic hydroxyl groups is 1. The Labute approximate surface area is 148 Å². The Morgan fingerprint density at radius 3 is 2.92 bits per heavy atom. The molecular weight excluding hydrogens is 314 g/mol. The third-order valence-electron chi connectivity index (χ3n) is 7.74. The average molecular weight is 339 g/mol. The number of aliphatic hydroxyl groups is 1. The van der Waals surface area contributed by atoms with Gasteiger partial charge in [0.25, 0.3) is 0 Å². The fourth-order valence-corrected chi connectivity index (χ4v) is 6.44. The quantitative estimate of drug-likeness (QED) is 0.812. The molecule has 132 valence electrons. The molecule has 1 saturated heterocycles. The summed E-state index contributed by atoms with van der Waals surface area (Å²) in [5.74, 6) is 2.09. The zero-order chi connectivity index (χ0) is 16.9. The number of aliphatic hydroxyl groups excluding tert-OH is 1. The van der Waals surface area contributed by atoms with Crippen molar-refractivity contribution in [1.29, 1.82) is 0 Å². The Kier molecular flexibility index (Phi) is 2.69. The summed E-state index contributed by atoms with van der Waals surface area (Å²) in [6.07, 6.45) is 8.09. The van der Waals surface area contributed by atoms with Crippen LogP contribution in [0.1, 0.15) is 37.3 Å². The molecule has 2 N–H and O–H groups in total. The first-order valence-corrected chi connectivity index (χ1v) is 9.75. The number of rotatable bonds is 2. The molecule has 2 fully saturated rings. The van der Waals surface area contributed by atoms with E-state index >= 15 is 0 Å². The van der Waals surface area contributed by atoms with Crippen LogP contribution in [0, 0.1) is 11.8 Å². The van der Waals surface area contributed by atoms with Crippen LogP contribution in [0.4, 0.5) is 0 Å². The Morgan fingerprint density at radius 1 is 1.28 bits per heavy atom. The Balaban J connectivity index is 1.54. The monoisotopic (exact) mass is 339 g/mol. The fourth-order valence-electron chi connectivity index (χ4n) is 6.44. The number of ether oxygens (including phenoxy) is 1. The van der Waals surface area contributed by atoms with Crippen LogP contribution in [0.25, 0.3) is 0 Å². The molecule has 2 aliphatic heterocycles. The molecule has 5 aliphatic rings. The highest BCUT2D eigenvalue weighted by molar-refractivity contribution is 5.61. The number of piperidine rings is 1. The van der Waals surface area contributed by atoms with Crippen LogP contribution in [0.3, 0.4) is 0 Å². The van der Waals surface area contributed by atoms with E-state index in [9.17, 15) is 10.2 Å². The Hall–Kier alpha value is -1.52. The van der Waals surface area contributed by atoms with Crippen LogP contribution in [0.2, 0.25) is 0 Å². The smallest absolute Gasteiger partial charge is 0.165 e. The molecule has 2 bridgehead atoms. The van der Waals surface area contributed by atoms with Gasteiger partial charge >= 0.3 is 0 Å². The van der Waals surface area contributed by atoms with Crippen molar-refractivity contribution in [1.82, 2.24) is 4.90 Å². The molecule has 6 rings (SSSR count). The second-order valence-electron chi connectivity index (χ2n) is 8.77. The van der Waals surface area contributed by atoms with Crippen molar-refractivity contribution in [3.63, 3.8) is 0 Å². The van der Waals surface area contributed by atoms with E-state index in [0.29, 0.717) is 23.8 Å². The summed E-state index contributed by atoms with van der Waals surface area (Å²) in [5.41, 5.74) is 2.34. The van der Waals surface area contributed by atoms with Gasteiger partial charge in [-0.25, -0.2) is 0 Å². The molecule has 3 aliphatic carbocycles. The van der Waals surface area contributed by atoms with Gasteiger partial charge in [-0.1, -0.05) is 18.2 Å². The lowest BCUT2D eigenvalue weighted by Crippen LogP contribution is -2.66. The van der Waals surface area contributed by atoms with E-state index in [4.69, 9.17) is 4.74 Å². The summed E-state index contributed by atoms with van der Waals surface area (Å²) < 4.78 is 6.21. The molecule has 0 radical (unpaired) electrons. The molecular formula is C21H25NO3. The van der Waals surface area contributed by atoms with Crippen molar-refractivity contribution in [3.05, 3.63) is 35.4 Å². The highest BCUT2D eigenvalue weighted by Crippen LogP contribution is 2.63.